The van der Waals surface area contributed by atoms with Gasteiger partial charge in [-0.15, -0.1) is 0 Å². The number of carbonyl (C=O) groups excluding carboxylic acids is 1. The van der Waals surface area contributed by atoms with E-state index in [4.69, 9.17) is 20.9 Å². The van der Waals surface area contributed by atoms with Crippen molar-refractivity contribution in [3.8, 4) is 0 Å². The zero-order valence-corrected chi connectivity index (χ0v) is 15.1. The molecule has 0 amide bonds. The Labute approximate surface area is 155 Å². The molecule has 1 aliphatic rings. The molecule has 6 atom stereocenters. The molecule has 0 aliphatic carbocycles. The van der Waals surface area contributed by atoms with Crippen LogP contribution in [0, 0.1) is 5.92 Å². The molecule has 11 nitrogen and oxygen atoms in total. The zero-order valence-electron chi connectivity index (χ0n) is 15.1. The van der Waals surface area contributed by atoms with Gasteiger partial charge in [0.1, 0.15) is 42.8 Å². The van der Waals surface area contributed by atoms with Crippen LogP contribution in [0.3, 0.4) is 0 Å². The number of hydrogen-bond donors (Lipinski definition) is 4. The SMILES string of the molecule is CC[C@H](C)[C@@H](N)C(=O)OC[C@H]1O[C@@H](n2cnc3c(N)ncnc32)[C@@H](O)[C@@H]1O. The summed E-state index contributed by atoms with van der Waals surface area (Å²) in [6.07, 6.45) is -1.03. The van der Waals surface area contributed by atoms with E-state index in [-0.39, 0.29) is 18.3 Å². The summed E-state index contributed by atoms with van der Waals surface area (Å²) in [6, 6.07) is -0.758. The molecule has 0 saturated carbocycles. The number of rotatable bonds is 6. The Kier molecular flexibility index (Phi) is 5.56. The molecular formula is C16H24N6O5. The Morgan fingerprint density at radius 2 is 2.11 bits per heavy atom. The number of hydrogen-bond acceptors (Lipinski definition) is 10. The van der Waals surface area contributed by atoms with E-state index in [0.29, 0.717) is 11.2 Å². The van der Waals surface area contributed by atoms with Crippen molar-refractivity contribution >= 4 is 23.0 Å². The maximum atomic E-state index is 12.0. The Balaban J connectivity index is 1.70. The van der Waals surface area contributed by atoms with E-state index in [9.17, 15) is 15.0 Å². The molecule has 1 saturated heterocycles. The molecule has 27 heavy (non-hydrogen) atoms. The smallest absolute Gasteiger partial charge is 0.323 e. The number of imidazole rings is 1. The van der Waals surface area contributed by atoms with Crippen LogP contribution >= 0.6 is 0 Å². The zero-order chi connectivity index (χ0) is 19.7. The van der Waals surface area contributed by atoms with Gasteiger partial charge in [0, 0.05) is 0 Å². The number of nitrogens with two attached hydrogens (primary N) is 2. The molecule has 0 spiro atoms. The Morgan fingerprint density at radius 1 is 1.37 bits per heavy atom. The lowest BCUT2D eigenvalue weighted by Crippen LogP contribution is -2.40. The summed E-state index contributed by atoms with van der Waals surface area (Å²) >= 11 is 0. The lowest BCUT2D eigenvalue weighted by atomic mass is 10.0. The number of ether oxygens (including phenoxy) is 2. The van der Waals surface area contributed by atoms with Gasteiger partial charge in [-0.25, -0.2) is 15.0 Å². The molecule has 11 heteroatoms. The second-order valence-corrected chi connectivity index (χ2v) is 6.67. The fourth-order valence-electron chi connectivity index (χ4n) is 2.90. The van der Waals surface area contributed by atoms with Gasteiger partial charge in [0.15, 0.2) is 17.7 Å². The van der Waals surface area contributed by atoms with Crippen molar-refractivity contribution in [2.24, 2.45) is 11.7 Å². The quantitative estimate of drug-likeness (QED) is 0.453. The average Bonchev–Trinajstić information content (AvgIpc) is 3.21. The number of aromatic nitrogens is 4. The van der Waals surface area contributed by atoms with Crippen LogP contribution < -0.4 is 11.5 Å². The van der Waals surface area contributed by atoms with Crippen molar-refractivity contribution < 1.29 is 24.5 Å². The normalized spacial score (nSPS) is 27.6. The highest BCUT2D eigenvalue weighted by atomic mass is 16.6. The molecule has 2 aromatic heterocycles. The van der Waals surface area contributed by atoms with Gasteiger partial charge in [-0.1, -0.05) is 20.3 Å². The van der Waals surface area contributed by atoms with Crippen LogP contribution in [0.15, 0.2) is 12.7 Å². The first-order valence-electron chi connectivity index (χ1n) is 8.72. The molecule has 3 rings (SSSR count). The molecular weight excluding hydrogens is 356 g/mol. The summed E-state index contributed by atoms with van der Waals surface area (Å²) in [4.78, 5) is 24.1. The van der Waals surface area contributed by atoms with Gasteiger partial charge in [-0.2, -0.15) is 0 Å². The number of aliphatic hydroxyl groups is 2. The van der Waals surface area contributed by atoms with Crippen molar-refractivity contribution in [2.75, 3.05) is 12.3 Å². The van der Waals surface area contributed by atoms with Gasteiger partial charge >= 0.3 is 5.97 Å². The van der Waals surface area contributed by atoms with Crippen molar-refractivity contribution in [3.05, 3.63) is 12.7 Å². The van der Waals surface area contributed by atoms with E-state index in [2.05, 4.69) is 15.0 Å². The van der Waals surface area contributed by atoms with Crippen molar-refractivity contribution in [3.63, 3.8) is 0 Å². The molecule has 1 fully saturated rings. The predicted octanol–water partition coefficient (Wildman–Crippen LogP) is -1.06. The highest BCUT2D eigenvalue weighted by Gasteiger charge is 2.45. The van der Waals surface area contributed by atoms with Gasteiger partial charge in [-0.3, -0.25) is 9.36 Å². The number of carbonyl (C=O) groups is 1. The number of esters is 1. The fraction of sp³-hybridized carbons (Fsp3) is 0.625. The fourth-order valence-corrected chi connectivity index (χ4v) is 2.90. The molecule has 6 N–H and O–H groups in total. The van der Waals surface area contributed by atoms with E-state index in [1.807, 2.05) is 13.8 Å². The predicted molar refractivity (Wildman–Crippen MR) is 94.0 cm³/mol. The van der Waals surface area contributed by atoms with E-state index in [1.165, 1.54) is 17.2 Å². The van der Waals surface area contributed by atoms with Gasteiger partial charge in [-0.05, 0) is 5.92 Å². The molecule has 2 aromatic rings. The van der Waals surface area contributed by atoms with Gasteiger partial charge < -0.3 is 31.2 Å². The minimum absolute atomic E-state index is 0.0345. The topological polar surface area (TPSA) is 172 Å². The Bertz CT molecular complexity index is 814. The summed E-state index contributed by atoms with van der Waals surface area (Å²) in [6.45, 7) is 3.54. The lowest BCUT2D eigenvalue weighted by Gasteiger charge is -2.19. The van der Waals surface area contributed by atoms with Crippen LogP contribution in [0.4, 0.5) is 5.82 Å². The van der Waals surface area contributed by atoms with E-state index in [0.717, 1.165) is 6.42 Å². The largest absolute Gasteiger partial charge is 0.462 e. The molecule has 148 valence electrons. The highest BCUT2D eigenvalue weighted by molar-refractivity contribution is 5.81. The first-order valence-corrected chi connectivity index (χ1v) is 8.72. The summed E-state index contributed by atoms with van der Waals surface area (Å²) in [5.74, 6) is -0.421. The van der Waals surface area contributed by atoms with Crippen molar-refractivity contribution in [2.45, 2.75) is 50.8 Å². The second kappa shape index (κ2) is 7.72. The van der Waals surface area contributed by atoms with Crippen LogP contribution in [-0.4, -0.2) is 66.7 Å². The van der Waals surface area contributed by atoms with Gasteiger partial charge in [0.05, 0.1) is 6.33 Å². The third-order valence-corrected chi connectivity index (χ3v) is 4.92. The number of aliphatic hydroxyl groups excluding tert-OH is 2. The standard InChI is InChI=1S/C16H24N6O5/c1-3-7(2)9(17)16(25)26-4-8-11(23)12(24)15(27-8)22-6-21-10-13(18)19-5-20-14(10)22/h5-9,11-12,15,23-24H,3-4,17H2,1-2H3,(H2,18,19,20)/t7-,8+,9+,11+,12-,15+/m0/s1. The minimum atomic E-state index is -1.27. The molecule has 0 bridgehead atoms. The Morgan fingerprint density at radius 3 is 2.81 bits per heavy atom. The second-order valence-electron chi connectivity index (χ2n) is 6.67. The summed E-state index contributed by atoms with van der Waals surface area (Å²) in [5.41, 5.74) is 12.3. The number of nitrogens with zero attached hydrogens (tertiary/aromatic N) is 4. The summed E-state index contributed by atoms with van der Waals surface area (Å²) < 4.78 is 12.3. The van der Waals surface area contributed by atoms with Crippen LogP contribution in [0.25, 0.3) is 11.2 Å². The van der Waals surface area contributed by atoms with Crippen LogP contribution in [0.1, 0.15) is 26.5 Å². The number of anilines is 1. The van der Waals surface area contributed by atoms with Gasteiger partial charge in [0.25, 0.3) is 0 Å². The minimum Gasteiger partial charge on any atom is -0.462 e. The van der Waals surface area contributed by atoms with Crippen molar-refractivity contribution in [1.82, 2.24) is 19.5 Å². The maximum Gasteiger partial charge on any atom is 0.323 e. The van der Waals surface area contributed by atoms with Crippen LogP contribution in [0.2, 0.25) is 0 Å². The number of nitrogen functional groups attached to an aromatic ring is 1. The van der Waals surface area contributed by atoms with Crippen molar-refractivity contribution in [1.29, 1.82) is 0 Å². The first-order chi connectivity index (χ1) is 12.8. The first kappa shape index (κ1) is 19.4. The Hall–Kier alpha value is -2.34. The lowest BCUT2D eigenvalue weighted by molar-refractivity contribution is -0.152. The molecule has 0 unspecified atom stereocenters. The van der Waals surface area contributed by atoms with Gasteiger partial charge in [0.2, 0.25) is 0 Å². The maximum absolute atomic E-state index is 12.0. The molecule has 0 radical (unpaired) electrons. The monoisotopic (exact) mass is 380 g/mol. The summed E-state index contributed by atoms with van der Waals surface area (Å²) in [5, 5.41) is 20.6. The molecule has 1 aliphatic heterocycles. The van der Waals surface area contributed by atoms with E-state index < -0.39 is 36.6 Å². The van der Waals surface area contributed by atoms with E-state index >= 15 is 0 Å². The van der Waals surface area contributed by atoms with E-state index in [1.54, 1.807) is 0 Å². The third kappa shape index (κ3) is 3.58. The van der Waals surface area contributed by atoms with Crippen LogP contribution in [-0.2, 0) is 14.3 Å². The molecule has 3 heterocycles. The summed E-state index contributed by atoms with van der Waals surface area (Å²) in [7, 11) is 0. The third-order valence-electron chi connectivity index (χ3n) is 4.92. The molecule has 0 aromatic carbocycles. The van der Waals surface area contributed by atoms with Crippen LogP contribution in [0.5, 0.6) is 0 Å². The average molecular weight is 380 g/mol. The highest BCUT2D eigenvalue weighted by Crippen LogP contribution is 2.32. The number of fused-ring (bicyclic) bond motifs is 1.